The Morgan fingerprint density at radius 3 is 2.41 bits per heavy atom. The van der Waals surface area contributed by atoms with Gasteiger partial charge in [-0.3, -0.25) is 4.79 Å². The molecule has 0 saturated heterocycles. The molecule has 1 unspecified atom stereocenters. The Morgan fingerprint density at radius 2 is 1.63 bits per heavy atom. The molecule has 3 aromatic carbocycles. The number of hydrogen-bond acceptors (Lipinski definition) is 4. The summed E-state index contributed by atoms with van der Waals surface area (Å²) in [5.41, 5.74) is 1.73. The second-order valence-corrected chi connectivity index (χ2v) is 6.13. The van der Waals surface area contributed by atoms with Crippen molar-refractivity contribution in [2.75, 3.05) is 6.79 Å². The standard InChI is InChI=1S/C22H19NO4/c24-22(23-14-16-11-12-19-20(13-16)26-15-25-19)21(17-7-3-1-4-8-17)27-18-9-5-2-6-10-18/h1-13,21H,14-15H2,(H,23,24). The molecule has 0 fully saturated rings. The molecule has 136 valence electrons. The van der Waals surface area contributed by atoms with Crippen molar-refractivity contribution in [3.63, 3.8) is 0 Å². The molecule has 1 atom stereocenters. The molecule has 4 rings (SSSR count). The van der Waals surface area contributed by atoms with Crippen molar-refractivity contribution in [2.24, 2.45) is 0 Å². The minimum absolute atomic E-state index is 0.206. The first kappa shape index (κ1) is 17.0. The van der Waals surface area contributed by atoms with Crippen LogP contribution in [0.5, 0.6) is 17.2 Å². The number of carbonyl (C=O) groups excluding carboxylic acids is 1. The molecule has 0 aromatic heterocycles. The number of nitrogens with one attached hydrogen (secondary N) is 1. The number of ether oxygens (including phenoxy) is 3. The van der Waals surface area contributed by atoms with Gasteiger partial charge >= 0.3 is 0 Å². The van der Waals surface area contributed by atoms with Crippen molar-refractivity contribution in [1.82, 2.24) is 5.32 Å². The Hall–Kier alpha value is -3.47. The van der Waals surface area contributed by atoms with E-state index in [2.05, 4.69) is 5.32 Å². The lowest BCUT2D eigenvalue weighted by Crippen LogP contribution is -2.32. The van der Waals surface area contributed by atoms with Crippen LogP contribution in [-0.2, 0) is 11.3 Å². The van der Waals surface area contributed by atoms with Gasteiger partial charge in [-0.2, -0.15) is 0 Å². The van der Waals surface area contributed by atoms with Crippen LogP contribution in [0.1, 0.15) is 17.2 Å². The molecule has 0 aliphatic carbocycles. The predicted octanol–water partition coefficient (Wildman–Crippen LogP) is 3.85. The molecule has 0 saturated carbocycles. The fourth-order valence-electron chi connectivity index (χ4n) is 2.87. The highest BCUT2D eigenvalue weighted by molar-refractivity contribution is 5.82. The van der Waals surface area contributed by atoms with Gasteiger partial charge < -0.3 is 19.5 Å². The van der Waals surface area contributed by atoms with Crippen LogP contribution in [0.15, 0.2) is 78.9 Å². The zero-order chi connectivity index (χ0) is 18.5. The van der Waals surface area contributed by atoms with Gasteiger partial charge in [-0.05, 0) is 29.8 Å². The van der Waals surface area contributed by atoms with Crippen molar-refractivity contribution >= 4 is 5.91 Å². The van der Waals surface area contributed by atoms with Crippen molar-refractivity contribution in [1.29, 1.82) is 0 Å². The van der Waals surface area contributed by atoms with Gasteiger partial charge in [-0.15, -0.1) is 0 Å². The minimum atomic E-state index is -0.734. The molecular weight excluding hydrogens is 342 g/mol. The maximum atomic E-state index is 12.9. The molecule has 0 bridgehead atoms. The quantitative estimate of drug-likeness (QED) is 0.724. The van der Waals surface area contributed by atoms with Crippen LogP contribution >= 0.6 is 0 Å². The maximum absolute atomic E-state index is 12.9. The fourth-order valence-corrected chi connectivity index (χ4v) is 2.87. The smallest absolute Gasteiger partial charge is 0.266 e. The number of amides is 1. The zero-order valence-electron chi connectivity index (χ0n) is 14.6. The number of carbonyl (C=O) groups is 1. The predicted molar refractivity (Wildman–Crippen MR) is 101 cm³/mol. The fraction of sp³-hybridized carbons (Fsp3) is 0.136. The summed E-state index contributed by atoms with van der Waals surface area (Å²) in [6.07, 6.45) is -0.734. The maximum Gasteiger partial charge on any atom is 0.266 e. The van der Waals surface area contributed by atoms with Gasteiger partial charge in [0.1, 0.15) is 5.75 Å². The number of benzene rings is 3. The summed E-state index contributed by atoms with van der Waals surface area (Å²) >= 11 is 0. The number of fused-ring (bicyclic) bond motifs is 1. The molecular formula is C22H19NO4. The molecule has 5 heteroatoms. The summed E-state index contributed by atoms with van der Waals surface area (Å²) < 4.78 is 16.7. The van der Waals surface area contributed by atoms with E-state index >= 15 is 0 Å². The third-order valence-electron chi connectivity index (χ3n) is 4.24. The van der Waals surface area contributed by atoms with Gasteiger partial charge in [0.15, 0.2) is 11.5 Å². The molecule has 0 radical (unpaired) electrons. The van der Waals surface area contributed by atoms with Gasteiger partial charge in [-0.25, -0.2) is 0 Å². The average Bonchev–Trinajstić information content (AvgIpc) is 3.19. The van der Waals surface area contributed by atoms with Crippen LogP contribution in [0, 0.1) is 0 Å². The largest absolute Gasteiger partial charge is 0.476 e. The first-order valence-corrected chi connectivity index (χ1v) is 8.72. The second-order valence-electron chi connectivity index (χ2n) is 6.13. The molecule has 0 spiro atoms. The molecule has 1 heterocycles. The van der Waals surface area contributed by atoms with E-state index in [1.165, 1.54) is 0 Å². The second kappa shape index (κ2) is 7.83. The Balaban J connectivity index is 1.48. The van der Waals surface area contributed by atoms with E-state index in [9.17, 15) is 4.79 Å². The lowest BCUT2D eigenvalue weighted by Gasteiger charge is -2.19. The summed E-state index contributed by atoms with van der Waals surface area (Å²) in [5.74, 6) is 1.86. The third kappa shape index (κ3) is 4.03. The van der Waals surface area contributed by atoms with Crippen molar-refractivity contribution in [3.05, 3.63) is 90.0 Å². The van der Waals surface area contributed by atoms with E-state index in [0.717, 1.165) is 16.9 Å². The average molecular weight is 361 g/mol. The van der Waals surface area contributed by atoms with E-state index in [4.69, 9.17) is 14.2 Å². The molecule has 1 amide bonds. The Kier molecular flexibility index (Phi) is 4.92. The SMILES string of the molecule is O=C(NCc1ccc2c(c1)OCO2)C(Oc1ccccc1)c1ccccc1. The number of hydrogen-bond donors (Lipinski definition) is 1. The highest BCUT2D eigenvalue weighted by Crippen LogP contribution is 2.32. The first-order chi connectivity index (χ1) is 13.3. The van der Waals surface area contributed by atoms with Crippen molar-refractivity contribution in [2.45, 2.75) is 12.6 Å². The lowest BCUT2D eigenvalue weighted by molar-refractivity contribution is -0.128. The van der Waals surface area contributed by atoms with Crippen LogP contribution in [0.4, 0.5) is 0 Å². The molecule has 27 heavy (non-hydrogen) atoms. The van der Waals surface area contributed by atoms with Gasteiger partial charge in [-0.1, -0.05) is 54.6 Å². The number of para-hydroxylation sites is 1. The van der Waals surface area contributed by atoms with Crippen LogP contribution in [-0.4, -0.2) is 12.7 Å². The first-order valence-electron chi connectivity index (χ1n) is 8.72. The highest BCUT2D eigenvalue weighted by Gasteiger charge is 2.22. The van der Waals surface area contributed by atoms with Gasteiger partial charge in [0, 0.05) is 12.1 Å². The molecule has 1 N–H and O–H groups in total. The molecule has 1 aliphatic rings. The number of rotatable bonds is 6. The van der Waals surface area contributed by atoms with E-state index in [0.29, 0.717) is 18.0 Å². The summed E-state index contributed by atoms with van der Waals surface area (Å²) in [6, 6.07) is 24.4. The van der Waals surface area contributed by atoms with E-state index in [1.54, 1.807) is 0 Å². The van der Waals surface area contributed by atoms with E-state index < -0.39 is 6.10 Å². The Bertz CT molecular complexity index is 912. The topological polar surface area (TPSA) is 56.8 Å². The van der Waals surface area contributed by atoms with Gasteiger partial charge in [0.2, 0.25) is 12.9 Å². The molecule has 5 nitrogen and oxygen atoms in total. The molecule has 1 aliphatic heterocycles. The van der Waals surface area contributed by atoms with Crippen molar-refractivity contribution in [3.8, 4) is 17.2 Å². The van der Waals surface area contributed by atoms with Gasteiger partial charge in [0.05, 0.1) is 0 Å². The Morgan fingerprint density at radius 1 is 0.926 bits per heavy atom. The summed E-state index contributed by atoms with van der Waals surface area (Å²) in [4.78, 5) is 12.9. The minimum Gasteiger partial charge on any atom is -0.476 e. The van der Waals surface area contributed by atoms with Crippen LogP contribution in [0.2, 0.25) is 0 Å². The molecule has 3 aromatic rings. The highest BCUT2D eigenvalue weighted by atomic mass is 16.7. The normalized spacial score (nSPS) is 13.0. The van der Waals surface area contributed by atoms with Crippen LogP contribution < -0.4 is 19.5 Å². The van der Waals surface area contributed by atoms with E-state index in [1.807, 2.05) is 78.9 Å². The zero-order valence-corrected chi connectivity index (χ0v) is 14.6. The summed E-state index contributed by atoms with van der Waals surface area (Å²) in [5, 5.41) is 2.95. The van der Waals surface area contributed by atoms with Gasteiger partial charge in [0.25, 0.3) is 5.91 Å². The van der Waals surface area contributed by atoms with Crippen LogP contribution in [0.25, 0.3) is 0 Å². The monoisotopic (exact) mass is 361 g/mol. The Labute approximate surface area is 157 Å². The summed E-state index contributed by atoms with van der Waals surface area (Å²) in [6.45, 7) is 0.600. The van der Waals surface area contributed by atoms with E-state index in [-0.39, 0.29) is 12.7 Å². The van der Waals surface area contributed by atoms with Crippen LogP contribution in [0.3, 0.4) is 0 Å². The summed E-state index contributed by atoms with van der Waals surface area (Å²) in [7, 11) is 0. The lowest BCUT2D eigenvalue weighted by atomic mass is 10.1. The third-order valence-corrected chi connectivity index (χ3v) is 4.24. The van der Waals surface area contributed by atoms with Crippen molar-refractivity contribution < 1.29 is 19.0 Å².